The van der Waals surface area contributed by atoms with Gasteiger partial charge in [0.2, 0.25) is 0 Å². The first kappa shape index (κ1) is 13.9. The molecule has 0 bridgehead atoms. The van der Waals surface area contributed by atoms with Crippen LogP contribution in [0, 0.1) is 0 Å². The second-order valence-electron chi connectivity index (χ2n) is 4.56. The fourth-order valence-electron chi connectivity index (χ4n) is 2.02. The number of carboxylic acids is 1. The lowest BCUT2D eigenvalue weighted by atomic mass is 10.1. The molecule has 4 heteroatoms. The third-order valence-electron chi connectivity index (χ3n) is 3.09. The molecule has 1 N–H and O–H groups in total. The Kier molecular flexibility index (Phi) is 4.25. The SMILES string of the molecule is COc1cccc(N(C)Cc2cccc(C(=O)O)c2)c1. The highest BCUT2D eigenvalue weighted by Crippen LogP contribution is 2.21. The number of ether oxygens (including phenoxy) is 1. The van der Waals surface area contributed by atoms with Crippen LogP contribution in [0.1, 0.15) is 15.9 Å². The molecule has 0 saturated carbocycles. The minimum Gasteiger partial charge on any atom is -0.497 e. The van der Waals surface area contributed by atoms with E-state index in [1.54, 1.807) is 25.3 Å². The molecular formula is C16H17NO3. The maximum atomic E-state index is 11.0. The lowest BCUT2D eigenvalue weighted by Gasteiger charge is -2.20. The van der Waals surface area contributed by atoms with Crippen molar-refractivity contribution in [3.8, 4) is 5.75 Å². The predicted molar refractivity (Wildman–Crippen MR) is 78.5 cm³/mol. The molecule has 0 aliphatic rings. The fraction of sp³-hybridized carbons (Fsp3) is 0.188. The summed E-state index contributed by atoms with van der Waals surface area (Å²) in [5, 5.41) is 9.00. The predicted octanol–water partition coefficient (Wildman–Crippen LogP) is 3.03. The third-order valence-corrected chi connectivity index (χ3v) is 3.09. The average molecular weight is 271 g/mol. The molecule has 0 unspecified atom stereocenters. The van der Waals surface area contributed by atoms with E-state index in [0.717, 1.165) is 17.0 Å². The highest BCUT2D eigenvalue weighted by Gasteiger charge is 2.06. The molecule has 104 valence electrons. The van der Waals surface area contributed by atoms with Crippen LogP contribution in [0.15, 0.2) is 48.5 Å². The quantitative estimate of drug-likeness (QED) is 0.908. The van der Waals surface area contributed by atoms with Crippen molar-refractivity contribution in [3.63, 3.8) is 0 Å². The van der Waals surface area contributed by atoms with E-state index in [1.807, 2.05) is 42.3 Å². The Bertz CT molecular complexity index is 610. The normalized spacial score (nSPS) is 10.1. The van der Waals surface area contributed by atoms with Crippen molar-refractivity contribution in [2.24, 2.45) is 0 Å². The minimum atomic E-state index is -0.907. The first-order valence-corrected chi connectivity index (χ1v) is 6.27. The number of methoxy groups -OCH3 is 1. The highest BCUT2D eigenvalue weighted by atomic mass is 16.5. The van der Waals surface area contributed by atoms with E-state index in [4.69, 9.17) is 9.84 Å². The number of aromatic carboxylic acids is 1. The minimum absolute atomic E-state index is 0.307. The molecule has 0 aromatic heterocycles. The van der Waals surface area contributed by atoms with Gasteiger partial charge >= 0.3 is 5.97 Å². The van der Waals surface area contributed by atoms with Crippen molar-refractivity contribution in [2.75, 3.05) is 19.1 Å². The van der Waals surface area contributed by atoms with Crippen molar-refractivity contribution in [1.29, 1.82) is 0 Å². The van der Waals surface area contributed by atoms with Crippen LogP contribution in [-0.4, -0.2) is 25.2 Å². The summed E-state index contributed by atoms with van der Waals surface area (Å²) < 4.78 is 5.20. The summed E-state index contributed by atoms with van der Waals surface area (Å²) in [5.74, 6) is -0.107. The Morgan fingerprint density at radius 1 is 1.20 bits per heavy atom. The van der Waals surface area contributed by atoms with Crippen molar-refractivity contribution in [3.05, 3.63) is 59.7 Å². The van der Waals surface area contributed by atoms with Gasteiger partial charge in [-0.05, 0) is 29.8 Å². The molecule has 0 heterocycles. The first-order chi connectivity index (χ1) is 9.60. The van der Waals surface area contributed by atoms with E-state index in [0.29, 0.717) is 12.1 Å². The van der Waals surface area contributed by atoms with Crippen molar-refractivity contribution in [1.82, 2.24) is 0 Å². The molecule has 0 aliphatic heterocycles. The number of hydrogen-bond acceptors (Lipinski definition) is 3. The molecule has 0 amide bonds. The van der Waals surface area contributed by atoms with Gasteiger partial charge in [-0.1, -0.05) is 18.2 Å². The molecule has 2 rings (SSSR count). The summed E-state index contributed by atoms with van der Waals surface area (Å²) in [5.41, 5.74) is 2.28. The Morgan fingerprint density at radius 3 is 2.65 bits per heavy atom. The van der Waals surface area contributed by atoms with Gasteiger partial charge in [0.15, 0.2) is 0 Å². The molecule has 0 saturated heterocycles. The largest absolute Gasteiger partial charge is 0.497 e. The zero-order valence-electron chi connectivity index (χ0n) is 11.5. The Hall–Kier alpha value is -2.49. The summed E-state index contributed by atoms with van der Waals surface area (Å²) in [6.45, 7) is 0.633. The van der Waals surface area contributed by atoms with Crippen molar-refractivity contribution >= 4 is 11.7 Å². The highest BCUT2D eigenvalue weighted by molar-refractivity contribution is 5.87. The van der Waals surface area contributed by atoms with E-state index in [1.165, 1.54) is 0 Å². The number of hydrogen-bond donors (Lipinski definition) is 1. The van der Waals surface area contributed by atoms with Gasteiger partial charge in [-0.2, -0.15) is 0 Å². The molecule has 2 aromatic carbocycles. The van der Waals surface area contributed by atoms with Gasteiger partial charge < -0.3 is 14.7 Å². The van der Waals surface area contributed by atoms with E-state index < -0.39 is 5.97 Å². The second kappa shape index (κ2) is 6.10. The monoisotopic (exact) mass is 271 g/mol. The molecule has 20 heavy (non-hydrogen) atoms. The summed E-state index contributed by atoms with van der Waals surface area (Å²) in [6.07, 6.45) is 0. The van der Waals surface area contributed by atoms with E-state index in [2.05, 4.69) is 0 Å². The molecule has 2 aromatic rings. The lowest BCUT2D eigenvalue weighted by molar-refractivity contribution is 0.0696. The molecule has 0 aliphatic carbocycles. The van der Waals surface area contributed by atoms with Crippen LogP contribution >= 0.6 is 0 Å². The van der Waals surface area contributed by atoms with Crippen LogP contribution in [0.4, 0.5) is 5.69 Å². The van der Waals surface area contributed by atoms with Crippen LogP contribution in [0.5, 0.6) is 5.75 Å². The van der Waals surface area contributed by atoms with Crippen LogP contribution in [0.25, 0.3) is 0 Å². The van der Waals surface area contributed by atoms with E-state index in [9.17, 15) is 4.79 Å². The first-order valence-electron chi connectivity index (χ1n) is 6.27. The Labute approximate surface area is 118 Å². The number of benzene rings is 2. The second-order valence-corrected chi connectivity index (χ2v) is 4.56. The smallest absolute Gasteiger partial charge is 0.335 e. The number of carboxylic acid groups (broad SMARTS) is 1. The fourth-order valence-corrected chi connectivity index (χ4v) is 2.02. The van der Waals surface area contributed by atoms with Gasteiger partial charge in [-0.3, -0.25) is 0 Å². The van der Waals surface area contributed by atoms with Crippen molar-refractivity contribution in [2.45, 2.75) is 6.54 Å². The van der Waals surface area contributed by atoms with Crippen LogP contribution in [0.3, 0.4) is 0 Å². The standard InChI is InChI=1S/C16H17NO3/c1-17(14-7-4-8-15(10-14)20-2)11-12-5-3-6-13(9-12)16(18)19/h3-10H,11H2,1-2H3,(H,18,19). The van der Waals surface area contributed by atoms with Gasteiger partial charge in [0, 0.05) is 25.3 Å². The number of rotatable bonds is 5. The Balaban J connectivity index is 2.16. The topological polar surface area (TPSA) is 49.8 Å². The van der Waals surface area contributed by atoms with Crippen LogP contribution in [0.2, 0.25) is 0 Å². The third kappa shape index (κ3) is 3.29. The molecular weight excluding hydrogens is 254 g/mol. The van der Waals surface area contributed by atoms with Gasteiger partial charge in [0.05, 0.1) is 12.7 Å². The van der Waals surface area contributed by atoms with E-state index in [-0.39, 0.29) is 0 Å². The number of nitrogens with zero attached hydrogens (tertiary/aromatic N) is 1. The maximum absolute atomic E-state index is 11.0. The van der Waals surface area contributed by atoms with Crippen molar-refractivity contribution < 1.29 is 14.6 Å². The van der Waals surface area contributed by atoms with Gasteiger partial charge in [-0.25, -0.2) is 4.79 Å². The summed E-state index contributed by atoms with van der Waals surface area (Å²) in [6, 6.07) is 14.7. The summed E-state index contributed by atoms with van der Waals surface area (Å²) in [7, 11) is 3.59. The lowest BCUT2D eigenvalue weighted by Crippen LogP contribution is -2.16. The molecule has 4 nitrogen and oxygen atoms in total. The molecule has 0 fully saturated rings. The molecule has 0 radical (unpaired) electrons. The zero-order chi connectivity index (χ0) is 14.5. The van der Waals surface area contributed by atoms with Crippen LogP contribution in [-0.2, 0) is 6.54 Å². The van der Waals surface area contributed by atoms with E-state index >= 15 is 0 Å². The number of carbonyl (C=O) groups is 1. The average Bonchev–Trinajstić information content (AvgIpc) is 2.47. The molecule has 0 spiro atoms. The van der Waals surface area contributed by atoms with Gasteiger partial charge in [0.1, 0.15) is 5.75 Å². The van der Waals surface area contributed by atoms with Crippen LogP contribution < -0.4 is 9.64 Å². The Morgan fingerprint density at radius 2 is 1.95 bits per heavy atom. The summed E-state index contributed by atoms with van der Waals surface area (Å²) in [4.78, 5) is 13.0. The zero-order valence-corrected chi connectivity index (χ0v) is 11.5. The maximum Gasteiger partial charge on any atom is 0.335 e. The van der Waals surface area contributed by atoms with Gasteiger partial charge in [0.25, 0.3) is 0 Å². The van der Waals surface area contributed by atoms with Gasteiger partial charge in [-0.15, -0.1) is 0 Å². The number of anilines is 1. The summed E-state index contributed by atoms with van der Waals surface area (Å²) >= 11 is 0. The molecule has 0 atom stereocenters.